The van der Waals surface area contributed by atoms with Gasteiger partial charge in [0.2, 0.25) is 5.95 Å². The van der Waals surface area contributed by atoms with Crippen molar-refractivity contribution in [1.29, 1.82) is 5.26 Å². The average molecular weight is 825 g/mol. The lowest BCUT2D eigenvalue weighted by atomic mass is 9.72. The van der Waals surface area contributed by atoms with Gasteiger partial charge >= 0.3 is 5.97 Å². The van der Waals surface area contributed by atoms with Crippen LogP contribution in [-0.2, 0) is 32.7 Å². The molecule has 6 rings (SSSR count). The molecule has 1 aromatic carbocycles. The third-order valence-electron chi connectivity index (χ3n) is 10.8. The summed E-state index contributed by atoms with van der Waals surface area (Å²) < 4.78 is 19.0. The molecular formula is C44H60N10O4S. The zero-order valence-electron chi connectivity index (χ0n) is 35.7. The van der Waals surface area contributed by atoms with E-state index < -0.39 is 11.5 Å². The quantitative estimate of drug-likeness (QED) is 0.0539. The van der Waals surface area contributed by atoms with Crippen molar-refractivity contribution < 1.29 is 19.0 Å². The van der Waals surface area contributed by atoms with Crippen LogP contribution in [0.2, 0.25) is 0 Å². The first-order chi connectivity index (χ1) is 28.5. The monoisotopic (exact) mass is 824 g/mol. The molecule has 3 aromatic heterocycles. The molecule has 0 spiro atoms. The molecule has 4 heterocycles. The van der Waals surface area contributed by atoms with Gasteiger partial charge in [0.05, 0.1) is 42.3 Å². The highest BCUT2D eigenvalue weighted by atomic mass is 32.1. The van der Waals surface area contributed by atoms with Gasteiger partial charge in [0.15, 0.2) is 11.9 Å². The number of nitrogens with zero attached hydrogens (tertiary/aromatic N) is 9. The van der Waals surface area contributed by atoms with Crippen LogP contribution in [0.1, 0.15) is 107 Å². The number of hydrogen-bond donors (Lipinski definition) is 1. The smallest absolute Gasteiger partial charge is 0.331 e. The Labute approximate surface area is 353 Å². The third kappa shape index (κ3) is 10.8. The van der Waals surface area contributed by atoms with Gasteiger partial charge in [-0.15, -0.1) is 11.3 Å². The number of hydrogen-bond acceptors (Lipinski definition) is 14. The number of aliphatic imine (C=N–C) groups is 1. The van der Waals surface area contributed by atoms with Crippen molar-refractivity contribution in [3.63, 3.8) is 0 Å². The number of esters is 1. The number of aromatic nitrogens is 5. The Bertz CT molecular complexity index is 2080. The summed E-state index contributed by atoms with van der Waals surface area (Å²) in [7, 11) is 1.61. The number of fused-ring (bicyclic) bond motifs is 1. The first-order valence-electron chi connectivity index (χ1n) is 20.7. The van der Waals surface area contributed by atoms with Gasteiger partial charge in [-0.25, -0.2) is 24.4 Å². The Morgan fingerprint density at radius 1 is 1.17 bits per heavy atom. The van der Waals surface area contributed by atoms with E-state index in [4.69, 9.17) is 29.9 Å². The number of ether oxygens (including phenoxy) is 3. The average Bonchev–Trinajstić information content (AvgIpc) is 3.78. The minimum Gasteiger partial charge on any atom is -0.483 e. The molecule has 2 N–H and O–H groups in total. The van der Waals surface area contributed by atoms with Crippen LogP contribution in [0.3, 0.4) is 0 Å². The van der Waals surface area contributed by atoms with Gasteiger partial charge in [-0.3, -0.25) is 0 Å². The number of rotatable bonds is 15. The molecule has 1 unspecified atom stereocenters. The van der Waals surface area contributed by atoms with Crippen LogP contribution in [0.5, 0.6) is 5.88 Å². The SMILES string of the molecule is C=C(N=C(OC)[C@@]1(C)CCCc2sc(N)c(C#N)c21)c1ccnc(N2CCCN(CCCCOc3cn(C(C(=O)OCc4ccccc4)C(C)C)nn3)C[C@@H]2C)n1.CC. The molecule has 1 aliphatic heterocycles. The molecule has 0 bridgehead atoms. The molecule has 14 nitrogen and oxygen atoms in total. The Kier molecular flexibility index (Phi) is 16.0. The first-order valence-corrected chi connectivity index (χ1v) is 21.5. The van der Waals surface area contributed by atoms with E-state index in [1.165, 1.54) is 16.0 Å². The van der Waals surface area contributed by atoms with E-state index in [1.54, 1.807) is 19.5 Å². The first kappa shape index (κ1) is 44.8. The van der Waals surface area contributed by atoms with Crippen LogP contribution in [0, 0.1) is 17.2 Å². The zero-order chi connectivity index (χ0) is 42.5. The molecule has 1 fully saturated rings. The normalized spacial score (nSPS) is 18.8. The Morgan fingerprint density at radius 2 is 1.95 bits per heavy atom. The number of aryl methyl sites for hydroxylation is 1. The number of benzene rings is 1. The largest absolute Gasteiger partial charge is 0.483 e. The maximum absolute atomic E-state index is 13.0. The van der Waals surface area contributed by atoms with Crippen LogP contribution in [0.25, 0.3) is 5.70 Å². The van der Waals surface area contributed by atoms with Gasteiger partial charge in [-0.1, -0.05) is 74.9 Å². The van der Waals surface area contributed by atoms with Crippen molar-refractivity contribution >= 4 is 39.9 Å². The number of unbranched alkanes of at least 4 members (excludes halogenated alkanes) is 1. The van der Waals surface area contributed by atoms with Gasteiger partial charge < -0.3 is 29.7 Å². The van der Waals surface area contributed by atoms with Crippen molar-refractivity contribution in [3.8, 4) is 11.9 Å². The van der Waals surface area contributed by atoms with E-state index in [0.29, 0.717) is 46.3 Å². The van der Waals surface area contributed by atoms with Crippen molar-refractivity contribution in [3.05, 3.63) is 82.6 Å². The second kappa shape index (κ2) is 21.1. The number of methoxy groups -OCH3 is 1. The maximum Gasteiger partial charge on any atom is 0.331 e. The van der Waals surface area contributed by atoms with Crippen LogP contribution in [-0.4, -0.2) is 87.7 Å². The maximum atomic E-state index is 13.0. The van der Waals surface area contributed by atoms with E-state index in [9.17, 15) is 10.1 Å². The van der Waals surface area contributed by atoms with E-state index in [-0.39, 0.29) is 24.5 Å². The second-order valence-corrected chi connectivity index (χ2v) is 16.5. The summed E-state index contributed by atoms with van der Waals surface area (Å²) in [6.45, 7) is 20.8. The number of carbonyl (C=O) groups excluding carboxylic acids is 1. The van der Waals surface area contributed by atoms with Gasteiger partial charge in [0.25, 0.3) is 5.88 Å². The minimum atomic E-state index is -0.604. The van der Waals surface area contributed by atoms with Crippen LogP contribution in [0.4, 0.5) is 10.9 Å². The molecule has 1 aliphatic carbocycles. The lowest BCUT2D eigenvalue weighted by molar-refractivity contribution is -0.151. The number of carbonyl (C=O) groups is 1. The van der Waals surface area contributed by atoms with E-state index >= 15 is 0 Å². The number of nitrogen functional groups attached to an aromatic ring is 1. The molecular weight excluding hydrogens is 765 g/mol. The van der Waals surface area contributed by atoms with Crippen molar-refractivity contribution in [2.45, 2.75) is 104 Å². The molecule has 316 valence electrons. The Morgan fingerprint density at radius 3 is 2.68 bits per heavy atom. The van der Waals surface area contributed by atoms with Crippen molar-refractivity contribution in [2.24, 2.45) is 10.9 Å². The molecule has 1 saturated heterocycles. The highest BCUT2D eigenvalue weighted by Gasteiger charge is 2.42. The molecule has 59 heavy (non-hydrogen) atoms. The summed E-state index contributed by atoms with van der Waals surface area (Å²) in [6.07, 6.45) is 8.83. The molecule has 0 amide bonds. The van der Waals surface area contributed by atoms with Crippen molar-refractivity contribution in [1.82, 2.24) is 29.9 Å². The Hall–Kier alpha value is -5.33. The van der Waals surface area contributed by atoms with Crippen LogP contribution in [0.15, 0.2) is 60.4 Å². The predicted molar refractivity (Wildman–Crippen MR) is 233 cm³/mol. The molecule has 2 aliphatic rings. The highest BCUT2D eigenvalue weighted by molar-refractivity contribution is 7.16. The molecule has 15 heteroatoms. The summed E-state index contributed by atoms with van der Waals surface area (Å²) in [5.74, 6) is 1.14. The number of thiophene rings is 1. The fourth-order valence-corrected chi connectivity index (χ4v) is 9.05. The lowest BCUT2D eigenvalue weighted by Crippen LogP contribution is -2.40. The van der Waals surface area contributed by atoms with E-state index in [0.717, 1.165) is 80.7 Å². The number of nitriles is 1. The molecule has 3 atom stereocenters. The summed E-state index contributed by atoms with van der Waals surface area (Å²) in [5.41, 5.74) is 9.12. The topological polar surface area (TPSA) is 170 Å². The van der Waals surface area contributed by atoms with Crippen molar-refractivity contribution in [2.75, 3.05) is 50.5 Å². The fraction of sp³-hybridized carbons (Fsp3) is 0.523. The van der Waals surface area contributed by atoms with Crippen LogP contribution >= 0.6 is 11.3 Å². The summed E-state index contributed by atoms with van der Waals surface area (Å²) in [6, 6.07) is 13.3. The molecule has 0 saturated carbocycles. The minimum absolute atomic E-state index is 0.0418. The highest BCUT2D eigenvalue weighted by Crippen LogP contribution is 2.46. The predicted octanol–water partition coefficient (Wildman–Crippen LogP) is 7.62. The Balaban J connectivity index is 0.00000326. The van der Waals surface area contributed by atoms with Gasteiger partial charge in [-0.2, -0.15) is 5.26 Å². The van der Waals surface area contributed by atoms with Gasteiger partial charge in [-0.05, 0) is 83.0 Å². The van der Waals surface area contributed by atoms with E-state index in [1.807, 2.05) is 64.1 Å². The third-order valence-corrected chi connectivity index (χ3v) is 11.8. The standard InChI is InChI=1S/C42H54N10O4S.C2H6/c1-28(2)37(39(53)56-27-31-14-8-7-9-15-31)52-26-35(48-49-52)55-23-11-10-20-50-21-13-22-51(29(3)25-50)41-45-19-17-33(47-41)30(4)46-40(54-6)42(5)18-12-16-34-36(42)32(24-43)38(44)57-34;1-2/h7-9,14-15,17,19,26,28-29,37H,4,10-13,16,18,20-23,25,27,44H2,1-3,5-6H3;1-2H3/t29-,37?,42-;/m0./s1. The fourth-order valence-electron chi connectivity index (χ4n) is 7.86. The van der Waals surface area contributed by atoms with Gasteiger partial charge in [0, 0.05) is 35.8 Å². The molecule has 4 aromatic rings. The zero-order valence-corrected chi connectivity index (χ0v) is 36.5. The number of nitrogens with two attached hydrogens (primary N) is 1. The van der Waals surface area contributed by atoms with Crippen LogP contribution < -0.4 is 15.4 Å². The van der Waals surface area contributed by atoms with Gasteiger partial charge in [0.1, 0.15) is 17.7 Å². The second-order valence-electron chi connectivity index (χ2n) is 15.3. The number of anilines is 2. The summed E-state index contributed by atoms with van der Waals surface area (Å²) >= 11 is 1.49. The summed E-state index contributed by atoms with van der Waals surface area (Å²) in [4.78, 5) is 33.3. The summed E-state index contributed by atoms with van der Waals surface area (Å²) in [5, 5.41) is 18.8. The lowest BCUT2D eigenvalue weighted by Gasteiger charge is -2.34. The molecule has 0 radical (unpaired) electrons. The van der Waals surface area contributed by atoms with E-state index in [2.05, 4.69) is 51.6 Å².